The largest absolute Gasteiger partial charge is 0.493 e. The molecular weight excluding hydrogens is 344 g/mol. The van der Waals surface area contributed by atoms with E-state index in [9.17, 15) is 9.59 Å². The van der Waals surface area contributed by atoms with Crippen molar-refractivity contribution >= 4 is 18.0 Å². The summed E-state index contributed by atoms with van der Waals surface area (Å²) >= 11 is 0. The van der Waals surface area contributed by atoms with Gasteiger partial charge in [-0.2, -0.15) is 0 Å². The summed E-state index contributed by atoms with van der Waals surface area (Å²) < 4.78 is 10.8. The average Bonchev–Trinajstić information content (AvgIpc) is 2.91. The summed E-state index contributed by atoms with van der Waals surface area (Å²) in [5.41, 5.74) is 2.99. The predicted octanol–water partition coefficient (Wildman–Crippen LogP) is 3.50. The molecule has 1 fully saturated rings. The van der Waals surface area contributed by atoms with Gasteiger partial charge in [0.1, 0.15) is 5.70 Å². The van der Waals surface area contributed by atoms with E-state index in [1.165, 1.54) is 4.90 Å². The second-order valence-corrected chi connectivity index (χ2v) is 6.21. The Morgan fingerprint density at radius 2 is 1.81 bits per heavy atom. The van der Waals surface area contributed by atoms with Crippen LogP contribution in [0.1, 0.15) is 23.6 Å². The van der Waals surface area contributed by atoms with Gasteiger partial charge in [-0.25, -0.2) is 4.79 Å². The molecule has 1 N–H and O–H groups in total. The SMILES string of the molecule is CCOc1cc(/C=C2\NC(=O)N(Cc3ccc(C)cc3)C2=O)ccc1OC. The Bertz CT molecular complexity index is 888. The third-order valence-electron chi connectivity index (χ3n) is 4.22. The number of carbonyl (C=O) groups excluding carboxylic acids is 2. The van der Waals surface area contributed by atoms with E-state index in [1.54, 1.807) is 31.4 Å². The molecule has 1 heterocycles. The van der Waals surface area contributed by atoms with Gasteiger partial charge in [-0.1, -0.05) is 35.9 Å². The van der Waals surface area contributed by atoms with E-state index in [1.807, 2.05) is 38.1 Å². The second-order valence-electron chi connectivity index (χ2n) is 6.21. The number of hydrogen-bond donors (Lipinski definition) is 1. The molecule has 1 aliphatic heterocycles. The van der Waals surface area contributed by atoms with Crippen LogP contribution in [0.3, 0.4) is 0 Å². The van der Waals surface area contributed by atoms with Crippen LogP contribution in [0.4, 0.5) is 4.79 Å². The molecule has 3 amide bonds. The van der Waals surface area contributed by atoms with Crippen LogP contribution in [0.5, 0.6) is 11.5 Å². The third kappa shape index (κ3) is 4.11. The lowest BCUT2D eigenvalue weighted by molar-refractivity contribution is -0.123. The van der Waals surface area contributed by atoms with E-state index in [0.717, 1.165) is 16.7 Å². The minimum atomic E-state index is -0.426. The molecule has 0 radical (unpaired) electrons. The number of urea groups is 1. The van der Waals surface area contributed by atoms with Crippen molar-refractivity contribution in [3.8, 4) is 11.5 Å². The monoisotopic (exact) mass is 366 g/mol. The highest BCUT2D eigenvalue weighted by atomic mass is 16.5. The number of nitrogens with one attached hydrogen (secondary N) is 1. The van der Waals surface area contributed by atoms with Gasteiger partial charge in [0, 0.05) is 0 Å². The van der Waals surface area contributed by atoms with Crippen LogP contribution < -0.4 is 14.8 Å². The Morgan fingerprint density at radius 1 is 1.07 bits per heavy atom. The molecule has 0 aromatic heterocycles. The summed E-state index contributed by atoms with van der Waals surface area (Å²) in [6, 6.07) is 12.7. The first-order chi connectivity index (χ1) is 13.0. The molecule has 1 saturated heterocycles. The molecule has 0 unspecified atom stereocenters. The van der Waals surface area contributed by atoms with Crippen LogP contribution in [0.15, 0.2) is 48.2 Å². The van der Waals surface area contributed by atoms with Crippen molar-refractivity contribution in [1.29, 1.82) is 0 Å². The van der Waals surface area contributed by atoms with Gasteiger partial charge in [0.25, 0.3) is 5.91 Å². The van der Waals surface area contributed by atoms with E-state index < -0.39 is 6.03 Å². The van der Waals surface area contributed by atoms with Gasteiger partial charge in [0.05, 0.1) is 20.3 Å². The lowest BCUT2D eigenvalue weighted by Crippen LogP contribution is -2.30. The number of ether oxygens (including phenoxy) is 2. The first-order valence-electron chi connectivity index (χ1n) is 8.72. The standard InChI is InChI=1S/C21H22N2O4/c1-4-27-19-12-16(9-10-18(19)26-3)11-17-20(24)23(21(25)22-17)13-15-7-5-14(2)6-8-15/h5-12H,4,13H2,1-3H3,(H,22,25)/b17-11-. The maximum atomic E-state index is 12.6. The molecule has 0 saturated carbocycles. The first kappa shape index (κ1) is 18.5. The molecule has 1 aliphatic rings. The van der Waals surface area contributed by atoms with Gasteiger partial charge in [0.2, 0.25) is 0 Å². The van der Waals surface area contributed by atoms with Crippen LogP contribution in [-0.4, -0.2) is 30.6 Å². The highest BCUT2D eigenvalue weighted by Crippen LogP contribution is 2.29. The maximum Gasteiger partial charge on any atom is 0.329 e. The number of methoxy groups -OCH3 is 1. The fraction of sp³-hybridized carbons (Fsp3) is 0.238. The van der Waals surface area contributed by atoms with Crippen LogP contribution >= 0.6 is 0 Å². The number of amides is 3. The fourth-order valence-corrected chi connectivity index (χ4v) is 2.81. The zero-order valence-corrected chi connectivity index (χ0v) is 15.6. The molecule has 6 heteroatoms. The maximum absolute atomic E-state index is 12.6. The van der Waals surface area contributed by atoms with E-state index in [-0.39, 0.29) is 18.1 Å². The number of benzene rings is 2. The lowest BCUT2D eigenvalue weighted by atomic mass is 10.1. The molecule has 140 valence electrons. The molecule has 3 rings (SSSR count). The van der Waals surface area contributed by atoms with E-state index in [2.05, 4.69) is 5.32 Å². The van der Waals surface area contributed by atoms with Crippen LogP contribution in [-0.2, 0) is 11.3 Å². The van der Waals surface area contributed by atoms with Crippen molar-refractivity contribution in [2.24, 2.45) is 0 Å². The average molecular weight is 366 g/mol. The van der Waals surface area contributed by atoms with E-state index >= 15 is 0 Å². The van der Waals surface area contributed by atoms with Crippen molar-refractivity contribution < 1.29 is 19.1 Å². The molecule has 0 aliphatic carbocycles. The minimum Gasteiger partial charge on any atom is -0.493 e. The normalized spacial score (nSPS) is 15.2. The highest BCUT2D eigenvalue weighted by molar-refractivity contribution is 6.13. The molecule has 0 bridgehead atoms. The molecule has 0 spiro atoms. The summed E-state index contributed by atoms with van der Waals surface area (Å²) in [6.07, 6.45) is 1.64. The Hall–Kier alpha value is -3.28. The summed E-state index contributed by atoms with van der Waals surface area (Å²) in [4.78, 5) is 26.1. The molecule has 27 heavy (non-hydrogen) atoms. The molecule has 2 aromatic carbocycles. The Labute approximate surface area is 158 Å². The number of nitrogens with zero attached hydrogens (tertiary/aromatic N) is 1. The molecular formula is C21H22N2O4. The zero-order chi connectivity index (χ0) is 19.4. The van der Waals surface area contributed by atoms with Gasteiger partial charge in [-0.3, -0.25) is 9.69 Å². The number of aryl methyl sites for hydroxylation is 1. The van der Waals surface area contributed by atoms with Gasteiger partial charge < -0.3 is 14.8 Å². The fourth-order valence-electron chi connectivity index (χ4n) is 2.81. The Morgan fingerprint density at radius 3 is 2.48 bits per heavy atom. The molecule has 0 atom stereocenters. The number of imide groups is 1. The second kappa shape index (κ2) is 7.95. The van der Waals surface area contributed by atoms with Crippen molar-refractivity contribution in [3.05, 3.63) is 64.9 Å². The van der Waals surface area contributed by atoms with E-state index in [0.29, 0.717) is 18.1 Å². The highest BCUT2D eigenvalue weighted by Gasteiger charge is 2.33. The third-order valence-corrected chi connectivity index (χ3v) is 4.22. The smallest absolute Gasteiger partial charge is 0.329 e. The lowest BCUT2D eigenvalue weighted by Gasteiger charge is -2.12. The summed E-state index contributed by atoms with van der Waals surface area (Å²) in [6.45, 7) is 4.60. The molecule has 6 nitrogen and oxygen atoms in total. The van der Waals surface area contributed by atoms with Crippen LogP contribution in [0.2, 0.25) is 0 Å². The van der Waals surface area contributed by atoms with Crippen molar-refractivity contribution in [2.45, 2.75) is 20.4 Å². The number of hydrogen-bond acceptors (Lipinski definition) is 4. The number of rotatable bonds is 6. The van der Waals surface area contributed by atoms with Crippen LogP contribution in [0.25, 0.3) is 6.08 Å². The number of carbonyl (C=O) groups is 2. The zero-order valence-electron chi connectivity index (χ0n) is 15.6. The Balaban J connectivity index is 1.81. The van der Waals surface area contributed by atoms with Crippen LogP contribution in [0, 0.1) is 6.92 Å². The van der Waals surface area contributed by atoms with Crippen molar-refractivity contribution in [1.82, 2.24) is 10.2 Å². The van der Waals surface area contributed by atoms with Gasteiger partial charge in [-0.05, 0) is 43.2 Å². The van der Waals surface area contributed by atoms with Crippen molar-refractivity contribution in [2.75, 3.05) is 13.7 Å². The first-order valence-corrected chi connectivity index (χ1v) is 8.72. The molecule has 2 aromatic rings. The van der Waals surface area contributed by atoms with Gasteiger partial charge in [0.15, 0.2) is 11.5 Å². The Kier molecular flexibility index (Phi) is 5.45. The summed E-state index contributed by atoms with van der Waals surface area (Å²) in [5.74, 6) is 0.846. The van der Waals surface area contributed by atoms with Crippen molar-refractivity contribution in [3.63, 3.8) is 0 Å². The topological polar surface area (TPSA) is 67.9 Å². The summed E-state index contributed by atoms with van der Waals surface area (Å²) in [7, 11) is 1.57. The van der Waals surface area contributed by atoms with Gasteiger partial charge in [-0.15, -0.1) is 0 Å². The predicted molar refractivity (Wildman–Crippen MR) is 102 cm³/mol. The summed E-state index contributed by atoms with van der Waals surface area (Å²) in [5, 5.41) is 2.64. The quantitative estimate of drug-likeness (QED) is 0.628. The minimum absolute atomic E-state index is 0.231. The van der Waals surface area contributed by atoms with E-state index in [4.69, 9.17) is 9.47 Å². The van der Waals surface area contributed by atoms with Gasteiger partial charge >= 0.3 is 6.03 Å².